The lowest BCUT2D eigenvalue weighted by Gasteiger charge is -2.41. The molecule has 1 aliphatic heterocycles. The number of hydrogen-bond acceptors (Lipinski definition) is 7. The minimum Gasteiger partial charge on any atom is -0.443 e. The fourth-order valence-corrected chi connectivity index (χ4v) is 5.22. The van der Waals surface area contributed by atoms with E-state index in [4.69, 9.17) is 9.15 Å². The van der Waals surface area contributed by atoms with Gasteiger partial charge in [-0.1, -0.05) is 24.3 Å². The standard InChI is InChI=1S/C29H22F2N4O6/c1-29(2,3)41-28(39)34-19-13-16(31)12-18-21(19)22(32-33-25(18)36)24(23(34)14-8-10-15(30)11-9-14)35-26(37)17-6-4-5-7-20(17)40-27(35)38/h4-13,23-24H,1-3H3,(H,33,36). The van der Waals surface area contributed by atoms with E-state index < -0.39 is 52.3 Å². The molecule has 0 bridgehead atoms. The number of aromatic nitrogens is 3. The Labute approximate surface area is 229 Å². The molecule has 10 nitrogen and oxygen atoms in total. The summed E-state index contributed by atoms with van der Waals surface area (Å²) in [6.45, 7) is 4.88. The molecule has 2 atom stereocenters. The maximum Gasteiger partial charge on any atom is 0.423 e. The van der Waals surface area contributed by atoms with E-state index in [2.05, 4.69) is 10.2 Å². The first-order valence-electron chi connectivity index (χ1n) is 12.6. The zero-order valence-electron chi connectivity index (χ0n) is 22.0. The van der Waals surface area contributed by atoms with Crippen LogP contribution in [0.2, 0.25) is 0 Å². The van der Waals surface area contributed by atoms with Crippen molar-refractivity contribution in [3.63, 3.8) is 0 Å². The third-order valence-corrected chi connectivity index (χ3v) is 6.79. The van der Waals surface area contributed by atoms with Gasteiger partial charge in [-0.2, -0.15) is 5.10 Å². The molecule has 2 aromatic heterocycles. The van der Waals surface area contributed by atoms with Gasteiger partial charge in [0.25, 0.3) is 11.1 Å². The van der Waals surface area contributed by atoms with Crippen LogP contribution < -0.4 is 21.8 Å². The number of benzene rings is 3. The van der Waals surface area contributed by atoms with E-state index >= 15 is 0 Å². The van der Waals surface area contributed by atoms with Crippen molar-refractivity contribution in [3.8, 4) is 0 Å². The molecule has 0 saturated carbocycles. The minimum atomic E-state index is -1.42. The van der Waals surface area contributed by atoms with Gasteiger partial charge in [0.2, 0.25) is 0 Å². The highest BCUT2D eigenvalue weighted by Gasteiger charge is 2.46. The zero-order valence-corrected chi connectivity index (χ0v) is 22.0. The van der Waals surface area contributed by atoms with Crippen molar-refractivity contribution < 1.29 is 22.7 Å². The Bertz CT molecular complexity index is 2040. The molecule has 0 fully saturated rings. The molecular formula is C29H22F2N4O6. The molecule has 1 aliphatic rings. The molecule has 1 amide bonds. The number of nitrogens with zero attached hydrogens (tertiary/aromatic N) is 3. The molecule has 0 saturated heterocycles. The predicted molar refractivity (Wildman–Crippen MR) is 145 cm³/mol. The molecule has 41 heavy (non-hydrogen) atoms. The summed E-state index contributed by atoms with van der Waals surface area (Å²) < 4.78 is 41.0. The number of halogens is 2. The molecule has 6 rings (SSSR count). The minimum absolute atomic E-state index is 0.00610. The van der Waals surface area contributed by atoms with E-state index in [9.17, 15) is 28.0 Å². The van der Waals surface area contributed by atoms with Crippen LogP contribution in [0, 0.1) is 11.6 Å². The molecular weight excluding hydrogens is 538 g/mol. The number of ether oxygens (including phenoxy) is 1. The lowest BCUT2D eigenvalue weighted by atomic mass is 9.87. The van der Waals surface area contributed by atoms with Gasteiger partial charge in [-0.3, -0.25) is 14.5 Å². The second kappa shape index (κ2) is 9.22. The molecule has 3 heterocycles. The first kappa shape index (κ1) is 26.1. The van der Waals surface area contributed by atoms with Crippen molar-refractivity contribution in [2.24, 2.45) is 0 Å². The van der Waals surface area contributed by atoms with Gasteiger partial charge in [0.1, 0.15) is 28.9 Å². The topological polar surface area (TPSA) is 128 Å². The Balaban J connectivity index is 1.78. The van der Waals surface area contributed by atoms with Crippen molar-refractivity contribution >= 4 is 33.5 Å². The largest absolute Gasteiger partial charge is 0.443 e. The number of amides is 1. The van der Waals surface area contributed by atoms with Gasteiger partial charge in [0, 0.05) is 5.39 Å². The molecule has 2 unspecified atom stereocenters. The van der Waals surface area contributed by atoms with Crippen molar-refractivity contribution in [1.29, 1.82) is 0 Å². The first-order chi connectivity index (χ1) is 19.4. The third-order valence-electron chi connectivity index (χ3n) is 6.79. The molecule has 1 N–H and O–H groups in total. The smallest absolute Gasteiger partial charge is 0.423 e. The SMILES string of the molecule is CC(C)(C)OC(=O)N1c2cc(F)cc3c(=O)[nH]nc(c23)C(n2c(=O)oc3ccccc3c2=O)C1c1ccc(F)cc1. The summed E-state index contributed by atoms with van der Waals surface area (Å²) in [5.74, 6) is -2.48. The van der Waals surface area contributed by atoms with E-state index in [1.807, 2.05) is 0 Å². The average molecular weight is 561 g/mol. The van der Waals surface area contributed by atoms with E-state index in [1.54, 1.807) is 32.9 Å². The highest BCUT2D eigenvalue weighted by Crippen LogP contribution is 2.48. The number of carbonyl (C=O) groups is 1. The molecule has 0 spiro atoms. The van der Waals surface area contributed by atoms with Crippen molar-refractivity contribution in [2.45, 2.75) is 38.5 Å². The van der Waals surface area contributed by atoms with Crippen LogP contribution in [0.5, 0.6) is 0 Å². The van der Waals surface area contributed by atoms with Crippen LogP contribution in [0.15, 0.2) is 79.5 Å². The highest BCUT2D eigenvalue weighted by molar-refractivity contribution is 6.05. The number of H-pyrrole nitrogens is 1. The van der Waals surface area contributed by atoms with Gasteiger partial charge in [0.05, 0.1) is 28.2 Å². The maximum atomic E-state index is 15.0. The lowest BCUT2D eigenvalue weighted by Crippen LogP contribution is -2.49. The Morgan fingerprint density at radius 2 is 1.66 bits per heavy atom. The number of para-hydroxylation sites is 1. The molecule has 12 heteroatoms. The number of rotatable bonds is 2. The van der Waals surface area contributed by atoms with Gasteiger partial charge in [-0.05, 0) is 62.7 Å². The summed E-state index contributed by atoms with van der Waals surface area (Å²) in [6.07, 6.45) is -0.965. The Hall–Kier alpha value is -5.13. The summed E-state index contributed by atoms with van der Waals surface area (Å²) in [6, 6.07) is 10.4. The molecule has 0 aliphatic carbocycles. The molecule has 5 aromatic rings. The molecule has 208 valence electrons. The summed E-state index contributed by atoms with van der Waals surface area (Å²) in [4.78, 5) is 55.1. The van der Waals surface area contributed by atoms with E-state index in [0.717, 1.165) is 33.7 Å². The van der Waals surface area contributed by atoms with Gasteiger partial charge in [-0.25, -0.2) is 28.0 Å². The second-order valence-electron chi connectivity index (χ2n) is 10.6. The number of carbonyl (C=O) groups excluding carboxylic acids is 1. The summed E-state index contributed by atoms with van der Waals surface area (Å²) >= 11 is 0. The molecule has 0 radical (unpaired) electrons. The normalized spacial score (nSPS) is 16.8. The number of hydrogen-bond donors (Lipinski definition) is 1. The number of anilines is 1. The first-order valence-corrected chi connectivity index (χ1v) is 12.6. The van der Waals surface area contributed by atoms with Crippen LogP contribution in [0.4, 0.5) is 19.3 Å². The van der Waals surface area contributed by atoms with Gasteiger partial charge in [0.15, 0.2) is 0 Å². The van der Waals surface area contributed by atoms with Crippen molar-refractivity contribution in [1.82, 2.24) is 14.8 Å². The van der Waals surface area contributed by atoms with E-state index in [0.29, 0.717) is 0 Å². The Morgan fingerprint density at radius 3 is 2.37 bits per heavy atom. The van der Waals surface area contributed by atoms with E-state index in [1.165, 1.54) is 24.3 Å². The number of nitrogens with one attached hydrogen (secondary N) is 1. The monoisotopic (exact) mass is 560 g/mol. The fourth-order valence-electron chi connectivity index (χ4n) is 5.22. The summed E-state index contributed by atoms with van der Waals surface area (Å²) in [5, 5.41) is 6.43. The van der Waals surface area contributed by atoms with Crippen molar-refractivity contribution in [2.75, 3.05) is 4.90 Å². The quantitative estimate of drug-likeness (QED) is 0.335. The number of aromatic amines is 1. The number of fused-ring (bicyclic) bond motifs is 1. The fraction of sp³-hybridized carbons (Fsp3) is 0.207. The van der Waals surface area contributed by atoms with Crippen LogP contribution in [-0.2, 0) is 4.74 Å². The second-order valence-corrected chi connectivity index (χ2v) is 10.6. The Morgan fingerprint density at radius 1 is 0.951 bits per heavy atom. The van der Waals surface area contributed by atoms with E-state index in [-0.39, 0.29) is 38.7 Å². The highest BCUT2D eigenvalue weighted by atomic mass is 19.1. The van der Waals surface area contributed by atoms with Crippen LogP contribution in [0.25, 0.3) is 21.7 Å². The van der Waals surface area contributed by atoms with Gasteiger partial charge < -0.3 is 9.15 Å². The summed E-state index contributed by atoms with van der Waals surface area (Å²) in [5.41, 5.74) is -2.31. The lowest BCUT2D eigenvalue weighted by molar-refractivity contribution is 0.0554. The predicted octanol–water partition coefficient (Wildman–Crippen LogP) is 4.56. The zero-order chi connectivity index (χ0) is 29.2. The maximum absolute atomic E-state index is 15.0. The van der Waals surface area contributed by atoms with Gasteiger partial charge in [-0.15, -0.1) is 0 Å². The average Bonchev–Trinajstić information content (AvgIpc) is 2.90. The van der Waals surface area contributed by atoms with Crippen LogP contribution in [0.3, 0.4) is 0 Å². The van der Waals surface area contributed by atoms with Crippen LogP contribution in [-0.4, -0.2) is 26.5 Å². The van der Waals surface area contributed by atoms with Crippen molar-refractivity contribution in [3.05, 3.63) is 115 Å². The molecule has 3 aromatic carbocycles. The van der Waals surface area contributed by atoms with Crippen LogP contribution in [0.1, 0.15) is 44.1 Å². The van der Waals surface area contributed by atoms with Crippen LogP contribution >= 0.6 is 0 Å². The Kier molecular flexibility index (Phi) is 5.87. The van der Waals surface area contributed by atoms with Gasteiger partial charge >= 0.3 is 11.8 Å². The third kappa shape index (κ3) is 4.28. The summed E-state index contributed by atoms with van der Waals surface area (Å²) in [7, 11) is 0.